The van der Waals surface area contributed by atoms with Crippen molar-refractivity contribution in [3.63, 3.8) is 0 Å². The molecule has 2 aromatic carbocycles. The summed E-state index contributed by atoms with van der Waals surface area (Å²) in [5.41, 5.74) is 4.14. The lowest BCUT2D eigenvalue weighted by atomic mass is 10.1. The van der Waals surface area contributed by atoms with Gasteiger partial charge in [-0.15, -0.1) is 0 Å². The molecular formula is C17H18BrNO. The van der Waals surface area contributed by atoms with E-state index in [2.05, 4.69) is 63.7 Å². The van der Waals surface area contributed by atoms with Gasteiger partial charge in [-0.1, -0.05) is 34.1 Å². The number of benzene rings is 2. The van der Waals surface area contributed by atoms with Gasteiger partial charge in [0.15, 0.2) is 0 Å². The number of hydrogen-bond donors (Lipinski definition) is 1. The Labute approximate surface area is 128 Å². The highest BCUT2D eigenvalue weighted by Crippen LogP contribution is 2.33. The summed E-state index contributed by atoms with van der Waals surface area (Å²) in [6.07, 6.45) is 2.32. The minimum atomic E-state index is 0.434. The molecule has 3 rings (SSSR count). The summed E-state index contributed by atoms with van der Waals surface area (Å²) in [6, 6.07) is 15.3. The van der Waals surface area contributed by atoms with Crippen LogP contribution < -0.4 is 10.1 Å². The van der Waals surface area contributed by atoms with Gasteiger partial charge in [0, 0.05) is 17.1 Å². The quantitative estimate of drug-likeness (QED) is 0.904. The van der Waals surface area contributed by atoms with E-state index in [9.17, 15) is 0 Å². The Morgan fingerprint density at radius 2 is 2.00 bits per heavy atom. The molecule has 0 saturated carbocycles. The van der Waals surface area contributed by atoms with Crippen LogP contribution in [0.25, 0.3) is 0 Å². The SMILES string of the molecule is COc1ccc2c(c1)C(NCc1ccc(Br)cc1)CC2. The number of aryl methyl sites for hydroxylation is 1. The van der Waals surface area contributed by atoms with Crippen LogP contribution in [0.5, 0.6) is 5.75 Å². The van der Waals surface area contributed by atoms with E-state index in [1.165, 1.54) is 23.1 Å². The van der Waals surface area contributed by atoms with Crippen LogP contribution in [0.4, 0.5) is 0 Å². The predicted molar refractivity (Wildman–Crippen MR) is 85.0 cm³/mol. The van der Waals surface area contributed by atoms with Crippen molar-refractivity contribution in [2.45, 2.75) is 25.4 Å². The fourth-order valence-electron chi connectivity index (χ4n) is 2.76. The van der Waals surface area contributed by atoms with E-state index in [0.29, 0.717) is 6.04 Å². The average molecular weight is 332 g/mol. The third-order valence-corrected chi connectivity index (χ3v) is 4.43. The van der Waals surface area contributed by atoms with Gasteiger partial charge in [0.2, 0.25) is 0 Å². The van der Waals surface area contributed by atoms with Gasteiger partial charge >= 0.3 is 0 Å². The minimum absolute atomic E-state index is 0.434. The van der Waals surface area contributed by atoms with Crippen LogP contribution in [0.3, 0.4) is 0 Å². The molecule has 2 aromatic rings. The van der Waals surface area contributed by atoms with Crippen molar-refractivity contribution in [2.75, 3.05) is 7.11 Å². The summed E-state index contributed by atoms with van der Waals surface area (Å²) in [5.74, 6) is 0.945. The third-order valence-electron chi connectivity index (χ3n) is 3.90. The first-order chi connectivity index (χ1) is 9.76. The van der Waals surface area contributed by atoms with Crippen LogP contribution in [0.15, 0.2) is 46.9 Å². The zero-order chi connectivity index (χ0) is 13.9. The molecule has 0 aromatic heterocycles. The highest BCUT2D eigenvalue weighted by atomic mass is 79.9. The maximum atomic E-state index is 5.33. The number of methoxy groups -OCH3 is 1. The summed E-state index contributed by atoms with van der Waals surface area (Å²) >= 11 is 3.47. The molecule has 1 atom stereocenters. The summed E-state index contributed by atoms with van der Waals surface area (Å²) < 4.78 is 6.45. The van der Waals surface area contributed by atoms with Crippen molar-refractivity contribution in [3.8, 4) is 5.75 Å². The monoisotopic (exact) mass is 331 g/mol. The van der Waals surface area contributed by atoms with E-state index in [0.717, 1.165) is 23.2 Å². The molecule has 0 aliphatic heterocycles. The fraction of sp³-hybridized carbons (Fsp3) is 0.294. The molecular weight excluding hydrogens is 314 g/mol. The number of nitrogens with one attached hydrogen (secondary N) is 1. The molecule has 1 aliphatic carbocycles. The number of fused-ring (bicyclic) bond motifs is 1. The lowest BCUT2D eigenvalue weighted by Gasteiger charge is -2.15. The molecule has 20 heavy (non-hydrogen) atoms. The van der Waals surface area contributed by atoms with Crippen LogP contribution in [0, 0.1) is 0 Å². The molecule has 0 fully saturated rings. The van der Waals surface area contributed by atoms with Crippen molar-refractivity contribution in [1.82, 2.24) is 5.32 Å². The Hall–Kier alpha value is -1.32. The van der Waals surface area contributed by atoms with Crippen LogP contribution in [-0.2, 0) is 13.0 Å². The second-order valence-electron chi connectivity index (χ2n) is 5.16. The Balaban J connectivity index is 1.70. The summed E-state index contributed by atoms with van der Waals surface area (Å²) in [5, 5.41) is 3.65. The Kier molecular flexibility index (Phi) is 4.08. The van der Waals surface area contributed by atoms with Gasteiger partial charge in [-0.05, 0) is 53.8 Å². The molecule has 104 valence electrons. The van der Waals surface area contributed by atoms with Gasteiger partial charge < -0.3 is 10.1 Å². The number of halogens is 1. The first-order valence-electron chi connectivity index (χ1n) is 6.91. The van der Waals surface area contributed by atoms with Crippen LogP contribution in [-0.4, -0.2) is 7.11 Å². The summed E-state index contributed by atoms with van der Waals surface area (Å²) in [6.45, 7) is 0.897. The molecule has 1 unspecified atom stereocenters. The first kappa shape index (κ1) is 13.7. The molecule has 3 heteroatoms. The van der Waals surface area contributed by atoms with Gasteiger partial charge in [-0.2, -0.15) is 0 Å². The first-order valence-corrected chi connectivity index (χ1v) is 7.70. The molecule has 0 spiro atoms. The zero-order valence-electron chi connectivity index (χ0n) is 11.5. The van der Waals surface area contributed by atoms with Crippen molar-refractivity contribution >= 4 is 15.9 Å². The van der Waals surface area contributed by atoms with E-state index in [4.69, 9.17) is 4.74 Å². The smallest absolute Gasteiger partial charge is 0.119 e. The largest absolute Gasteiger partial charge is 0.497 e. The van der Waals surface area contributed by atoms with E-state index < -0.39 is 0 Å². The molecule has 0 amide bonds. The number of hydrogen-bond acceptors (Lipinski definition) is 2. The highest BCUT2D eigenvalue weighted by Gasteiger charge is 2.22. The predicted octanol–water partition coefficient (Wildman–Crippen LogP) is 4.23. The Morgan fingerprint density at radius 1 is 1.20 bits per heavy atom. The van der Waals surface area contributed by atoms with E-state index in [-0.39, 0.29) is 0 Å². The van der Waals surface area contributed by atoms with Crippen molar-refractivity contribution in [2.24, 2.45) is 0 Å². The van der Waals surface area contributed by atoms with Crippen LogP contribution in [0.1, 0.15) is 29.2 Å². The molecule has 0 heterocycles. The molecule has 0 radical (unpaired) electrons. The van der Waals surface area contributed by atoms with Gasteiger partial charge in [-0.25, -0.2) is 0 Å². The van der Waals surface area contributed by atoms with Gasteiger partial charge in [0.25, 0.3) is 0 Å². The van der Waals surface area contributed by atoms with Crippen molar-refractivity contribution < 1.29 is 4.74 Å². The molecule has 2 nitrogen and oxygen atoms in total. The van der Waals surface area contributed by atoms with E-state index >= 15 is 0 Å². The van der Waals surface area contributed by atoms with Gasteiger partial charge in [-0.3, -0.25) is 0 Å². The van der Waals surface area contributed by atoms with Gasteiger partial charge in [0.05, 0.1) is 7.11 Å². The molecule has 0 bridgehead atoms. The topological polar surface area (TPSA) is 21.3 Å². The van der Waals surface area contributed by atoms with Crippen LogP contribution in [0.2, 0.25) is 0 Å². The fourth-order valence-corrected chi connectivity index (χ4v) is 3.03. The van der Waals surface area contributed by atoms with Crippen molar-refractivity contribution in [1.29, 1.82) is 0 Å². The zero-order valence-corrected chi connectivity index (χ0v) is 13.1. The maximum Gasteiger partial charge on any atom is 0.119 e. The second kappa shape index (κ2) is 5.98. The van der Waals surface area contributed by atoms with Gasteiger partial charge in [0.1, 0.15) is 5.75 Å². The number of rotatable bonds is 4. The normalized spacial score (nSPS) is 17.0. The summed E-state index contributed by atoms with van der Waals surface area (Å²) in [4.78, 5) is 0. The molecule has 1 N–H and O–H groups in total. The van der Waals surface area contributed by atoms with Crippen LogP contribution >= 0.6 is 15.9 Å². The third kappa shape index (κ3) is 2.89. The Morgan fingerprint density at radius 3 is 2.75 bits per heavy atom. The number of ether oxygens (including phenoxy) is 1. The standard InChI is InChI=1S/C17H18BrNO/c1-20-15-8-4-13-5-9-17(16(13)10-15)19-11-12-2-6-14(18)7-3-12/h2-4,6-8,10,17,19H,5,9,11H2,1H3. The molecule has 0 saturated heterocycles. The second-order valence-corrected chi connectivity index (χ2v) is 6.08. The van der Waals surface area contributed by atoms with E-state index in [1.54, 1.807) is 7.11 Å². The lowest BCUT2D eigenvalue weighted by Crippen LogP contribution is -2.18. The minimum Gasteiger partial charge on any atom is -0.497 e. The Bertz CT molecular complexity index is 594. The van der Waals surface area contributed by atoms with Crippen molar-refractivity contribution in [3.05, 3.63) is 63.6 Å². The summed E-state index contributed by atoms with van der Waals surface area (Å²) in [7, 11) is 1.72. The average Bonchev–Trinajstić information content (AvgIpc) is 2.89. The highest BCUT2D eigenvalue weighted by molar-refractivity contribution is 9.10. The lowest BCUT2D eigenvalue weighted by molar-refractivity contribution is 0.413. The van der Waals surface area contributed by atoms with E-state index in [1.807, 2.05) is 0 Å². The molecule has 1 aliphatic rings. The maximum absolute atomic E-state index is 5.33.